The summed E-state index contributed by atoms with van der Waals surface area (Å²) >= 11 is 0. The van der Waals surface area contributed by atoms with Gasteiger partial charge in [-0.15, -0.1) is 5.10 Å². The molecule has 8 heteroatoms. The Hall–Kier alpha value is -2.90. The van der Waals surface area contributed by atoms with Gasteiger partial charge in [0.1, 0.15) is 11.6 Å². The molecule has 0 spiro atoms. The smallest absolute Gasteiger partial charge is 0.295 e. The third-order valence-corrected chi connectivity index (χ3v) is 2.57. The molecule has 1 heterocycles. The molecule has 2 rings (SSSR count). The third-order valence-electron chi connectivity index (χ3n) is 2.57. The molecular weight excluding hydrogens is 274 g/mol. The van der Waals surface area contributed by atoms with E-state index in [1.54, 1.807) is 25.1 Å². The van der Waals surface area contributed by atoms with Crippen LogP contribution < -0.4 is 15.4 Å². The lowest BCUT2D eigenvalue weighted by Crippen LogP contribution is -2.15. The molecule has 0 aliphatic heterocycles. The first-order valence-corrected chi connectivity index (χ1v) is 6.15. The summed E-state index contributed by atoms with van der Waals surface area (Å²) < 4.78 is 5.17. The van der Waals surface area contributed by atoms with Crippen molar-refractivity contribution in [2.45, 2.75) is 13.8 Å². The van der Waals surface area contributed by atoms with Crippen molar-refractivity contribution in [2.24, 2.45) is 0 Å². The zero-order valence-electron chi connectivity index (χ0n) is 11.9. The van der Waals surface area contributed by atoms with Crippen LogP contribution >= 0.6 is 0 Å². The second kappa shape index (κ2) is 6.04. The average Bonchev–Trinajstić information content (AvgIpc) is 2.85. The third kappa shape index (κ3) is 3.56. The van der Waals surface area contributed by atoms with Gasteiger partial charge in [0.05, 0.1) is 12.8 Å². The van der Waals surface area contributed by atoms with E-state index >= 15 is 0 Å². The molecule has 0 aliphatic carbocycles. The van der Waals surface area contributed by atoms with Gasteiger partial charge in [-0.2, -0.15) is 0 Å². The maximum absolute atomic E-state index is 12.0. The lowest BCUT2D eigenvalue weighted by molar-refractivity contribution is -0.114. The zero-order valence-corrected chi connectivity index (χ0v) is 11.9. The number of ether oxygens (including phenoxy) is 1. The van der Waals surface area contributed by atoms with Crippen molar-refractivity contribution in [2.75, 3.05) is 17.7 Å². The summed E-state index contributed by atoms with van der Waals surface area (Å²) in [5.74, 6) is 0.350. The Balaban J connectivity index is 2.24. The summed E-state index contributed by atoms with van der Waals surface area (Å²) in [7, 11) is 1.49. The van der Waals surface area contributed by atoms with Gasteiger partial charge < -0.3 is 15.4 Å². The predicted molar refractivity (Wildman–Crippen MR) is 76.4 cm³/mol. The fraction of sp³-hybridized carbons (Fsp3) is 0.231. The molecule has 0 radical (unpaired) electrons. The molecule has 1 aromatic heterocycles. The highest BCUT2D eigenvalue weighted by molar-refractivity contribution is 6.03. The van der Waals surface area contributed by atoms with Crippen LogP contribution in [0.3, 0.4) is 0 Å². The van der Waals surface area contributed by atoms with E-state index < -0.39 is 5.91 Å². The van der Waals surface area contributed by atoms with E-state index in [2.05, 4.69) is 25.8 Å². The number of methoxy groups -OCH3 is 1. The number of rotatable bonds is 4. The lowest BCUT2D eigenvalue weighted by Gasteiger charge is -2.11. The highest BCUT2D eigenvalue weighted by Gasteiger charge is 2.14. The van der Waals surface area contributed by atoms with Crippen LogP contribution in [0.5, 0.6) is 5.75 Å². The first kappa shape index (κ1) is 14.5. The van der Waals surface area contributed by atoms with Crippen molar-refractivity contribution in [3.63, 3.8) is 0 Å². The normalized spacial score (nSPS) is 10.0. The van der Waals surface area contributed by atoms with Crippen LogP contribution in [0.2, 0.25) is 0 Å². The van der Waals surface area contributed by atoms with Gasteiger partial charge in [-0.25, -0.2) is 4.98 Å². The van der Waals surface area contributed by atoms with Gasteiger partial charge in [0, 0.05) is 12.6 Å². The monoisotopic (exact) mass is 289 g/mol. The van der Waals surface area contributed by atoms with Crippen LogP contribution in [0.1, 0.15) is 23.4 Å². The number of H-pyrrole nitrogens is 1. The first-order chi connectivity index (χ1) is 9.99. The topological polar surface area (TPSA) is 109 Å². The number of hydrogen-bond donors (Lipinski definition) is 3. The fourth-order valence-electron chi connectivity index (χ4n) is 1.71. The summed E-state index contributed by atoms with van der Waals surface area (Å²) in [4.78, 5) is 27.0. The number of benzene rings is 1. The van der Waals surface area contributed by atoms with Gasteiger partial charge in [-0.05, 0) is 25.1 Å². The van der Waals surface area contributed by atoms with Gasteiger partial charge in [0.25, 0.3) is 5.91 Å². The van der Waals surface area contributed by atoms with Crippen molar-refractivity contribution in [1.29, 1.82) is 0 Å². The number of carbonyl (C=O) groups is 2. The molecule has 0 saturated heterocycles. The van der Waals surface area contributed by atoms with Crippen molar-refractivity contribution < 1.29 is 14.3 Å². The molecule has 0 aliphatic rings. The molecule has 0 saturated carbocycles. The van der Waals surface area contributed by atoms with Crippen LogP contribution in [-0.4, -0.2) is 34.1 Å². The van der Waals surface area contributed by atoms with E-state index in [4.69, 9.17) is 4.74 Å². The van der Waals surface area contributed by atoms with Crippen LogP contribution in [0.15, 0.2) is 18.2 Å². The van der Waals surface area contributed by atoms with E-state index in [1.807, 2.05) is 0 Å². The first-order valence-electron chi connectivity index (χ1n) is 6.15. The predicted octanol–water partition coefficient (Wildman–Crippen LogP) is 1.33. The summed E-state index contributed by atoms with van der Waals surface area (Å²) in [6.07, 6.45) is 0. The van der Waals surface area contributed by atoms with Crippen LogP contribution in [0, 0.1) is 6.92 Å². The molecule has 2 aromatic rings. The second-order valence-electron chi connectivity index (χ2n) is 4.29. The summed E-state index contributed by atoms with van der Waals surface area (Å²) in [6.45, 7) is 3.10. The van der Waals surface area contributed by atoms with Gasteiger partial charge in [-0.1, -0.05) is 0 Å². The average molecular weight is 289 g/mol. The Labute approximate surface area is 120 Å². The van der Waals surface area contributed by atoms with Crippen LogP contribution in [0.4, 0.5) is 11.4 Å². The molecule has 21 heavy (non-hydrogen) atoms. The van der Waals surface area contributed by atoms with Crippen LogP contribution in [0.25, 0.3) is 0 Å². The quantitative estimate of drug-likeness (QED) is 0.786. The fourth-order valence-corrected chi connectivity index (χ4v) is 1.71. The standard InChI is InChI=1S/C13H15N5O3/c1-7-14-12(18-17-7)13(20)16-10-6-9(15-8(2)19)4-5-11(10)21-3/h4-6H,1-3H3,(H,15,19)(H,16,20)(H,14,17,18). The minimum atomic E-state index is -0.474. The summed E-state index contributed by atoms with van der Waals surface area (Å²) in [5.41, 5.74) is 0.959. The molecule has 0 unspecified atom stereocenters. The summed E-state index contributed by atoms with van der Waals surface area (Å²) in [5, 5.41) is 11.6. The number of aromatic amines is 1. The molecule has 0 bridgehead atoms. The molecule has 2 amide bonds. The number of aromatic nitrogens is 3. The van der Waals surface area contributed by atoms with E-state index in [-0.39, 0.29) is 11.7 Å². The molecule has 1 aromatic carbocycles. The molecule has 0 atom stereocenters. The number of hydrogen-bond acceptors (Lipinski definition) is 5. The van der Waals surface area contributed by atoms with Gasteiger partial charge in [-0.3, -0.25) is 14.7 Å². The number of aryl methyl sites for hydroxylation is 1. The largest absolute Gasteiger partial charge is 0.495 e. The number of carbonyl (C=O) groups excluding carboxylic acids is 2. The van der Waals surface area contributed by atoms with Gasteiger partial charge >= 0.3 is 0 Å². The van der Waals surface area contributed by atoms with E-state index in [9.17, 15) is 9.59 Å². The van der Waals surface area contributed by atoms with E-state index in [1.165, 1.54) is 14.0 Å². The number of nitrogens with zero attached hydrogens (tertiary/aromatic N) is 2. The number of anilines is 2. The highest BCUT2D eigenvalue weighted by Crippen LogP contribution is 2.28. The maximum Gasteiger partial charge on any atom is 0.295 e. The molecule has 8 nitrogen and oxygen atoms in total. The van der Waals surface area contributed by atoms with Crippen molar-refractivity contribution >= 4 is 23.2 Å². The molecule has 110 valence electrons. The second-order valence-corrected chi connectivity index (χ2v) is 4.29. The Morgan fingerprint density at radius 3 is 2.62 bits per heavy atom. The Morgan fingerprint density at radius 2 is 2.05 bits per heavy atom. The van der Waals surface area contributed by atoms with Crippen molar-refractivity contribution in [3.8, 4) is 5.75 Å². The maximum atomic E-state index is 12.0. The summed E-state index contributed by atoms with van der Waals surface area (Å²) in [6, 6.07) is 4.91. The van der Waals surface area contributed by atoms with E-state index in [0.717, 1.165) is 0 Å². The SMILES string of the molecule is COc1ccc(NC(C)=O)cc1NC(=O)c1n[nH]c(C)n1. The number of nitrogens with one attached hydrogen (secondary N) is 3. The lowest BCUT2D eigenvalue weighted by atomic mass is 10.2. The Kier molecular flexibility index (Phi) is 4.17. The van der Waals surface area contributed by atoms with Crippen molar-refractivity contribution in [3.05, 3.63) is 29.8 Å². The highest BCUT2D eigenvalue weighted by atomic mass is 16.5. The molecule has 3 N–H and O–H groups in total. The zero-order chi connectivity index (χ0) is 15.4. The number of amides is 2. The minimum absolute atomic E-state index is 0.0273. The minimum Gasteiger partial charge on any atom is -0.495 e. The molecule has 0 fully saturated rings. The van der Waals surface area contributed by atoms with Gasteiger partial charge in [0.2, 0.25) is 11.7 Å². The van der Waals surface area contributed by atoms with Gasteiger partial charge in [0.15, 0.2) is 0 Å². The Morgan fingerprint density at radius 1 is 1.29 bits per heavy atom. The Bertz CT molecular complexity index is 680. The van der Waals surface area contributed by atoms with Crippen LogP contribution in [-0.2, 0) is 4.79 Å². The van der Waals surface area contributed by atoms with E-state index in [0.29, 0.717) is 22.9 Å². The molecular formula is C13H15N5O3. The van der Waals surface area contributed by atoms with Crippen molar-refractivity contribution in [1.82, 2.24) is 15.2 Å².